The van der Waals surface area contributed by atoms with Crippen molar-refractivity contribution < 1.29 is 28.6 Å². The zero-order valence-electron chi connectivity index (χ0n) is 17.1. The van der Waals surface area contributed by atoms with E-state index < -0.39 is 24.4 Å². The highest BCUT2D eigenvalue weighted by Gasteiger charge is 2.17. The van der Waals surface area contributed by atoms with Crippen LogP contribution in [0.3, 0.4) is 0 Å². The number of hydrogen-bond donors (Lipinski definition) is 2. The standard InChI is InChI=1S/C22H24N2O6/c1-22(2,3)15-5-7-16(8-6-15)24-19(25)12-28-20(26)11-23-21(27)14-4-9-17-18(10-14)30-13-29-17/h4-10H,11-13H2,1-3H3,(H,23,27)(H,24,25). The molecule has 0 fully saturated rings. The van der Waals surface area contributed by atoms with Crippen molar-refractivity contribution in [2.45, 2.75) is 26.2 Å². The number of rotatable bonds is 6. The molecule has 3 rings (SSSR count). The summed E-state index contributed by atoms with van der Waals surface area (Å²) in [6, 6.07) is 12.2. The van der Waals surface area contributed by atoms with Crippen LogP contribution < -0.4 is 20.1 Å². The Hall–Kier alpha value is -3.55. The predicted octanol–water partition coefficient (Wildman–Crippen LogP) is 2.62. The monoisotopic (exact) mass is 412 g/mol. The van der Waals surface area contributed by atoms with Crippen LogP contribution in [0.1, 0.15) is 36.7 Å². The maximum Gasteiger partial charge on any atom is 0.325 e. The quantitative estimate of drug-likeness (QED) is 0.707. The van der Waals surface area contributed by atoms with Crippen LogP contribution in [-0.2, 0) is 19.7 Å². The molecule has 1 aliphatic rings. The molecule has 0 bridgehead atoms. The van der Waals surface area contributed by atoms with Gasteiger partial charge in [-0.2, -0.15) is 0 Å². The molecular formula is C22H24N2O6. The zero-order chi connectivity index (χ0) is 21.7. The molecule has 158 valence electrons. The average molecular weight is 412 g/mol. The Morgan fingerprint density at radius 2 is 1.70 bits per heavy atom. The Kier molecular flexibility index (Phi) is 6.25. The third kappa shape index (κ3) is 5.50. The zero-order valence-corrected chi connectivity index (χ0v) is 17.1. The van der Waals surface area contributed by atoms with Crippen molar-refractivity contribution in [3.63, 3.8) is 0 Å². The van der Waals surface area contributed by atoms with E-state index >= 15 is 0 Å². The third-order valence-corrected chi connectivity index (χ3v) is 4.43. The van der Waals surface area contributed by atoms with E-state index in [0.29, 0.717) is 22.7 Å². The summed E-state index contributed by atoms with van der Waals surface area (Å²) < 4.78 is 15.3. The first-order chi connectivity index (χ1) is 14.2. The highest BCUT2D eigenvalue weighted by atomic mass is 16.7. The van der Waals surface area contributed by atoms with Crippen molar-refractivity contribution in [2.24, 2.45) is 0 Å². The molecule has 2 aromatic rings. The minimum absolute atomic E-state index is 0.0170. The SMILES string of the molecule is CC(C)(C)c1ccc(NC(=O)COC(=O)CNC(=O)c2ccc3c(c2)OCO3)cc1. The lowest BCUT2D eigenvalue weighted by Gasteiger charge is -2.19. The first-order valence-electron chi connectivity index (χ1n) is 9.46. The molecule has 1 aliphatic heterocycles. The Balaban J connectivity index is 1.41. The molecule has 0 aromatic heterocycles. The molecular weight excluding hydrogens is 388 g/mol. The molecule has 8 nitrogen and oxygen atoms in total. The van der Waals surface area contributed by atoms with Gasteiger partial charge >= 0.3 is 5.97 Å². The van der Waals surface area contributed by atoms with E-state index in [1.165, 1.54) is 6.07 Å². The van der Waals surface area contributed by atoms with E-state index in [1.54, 1.807) is 24.3 Å². The average Bonchev–Trinajstić information content (AvgIpc) is 3.18. The molecule has 2 amide bonds. The van der Waals surface area contributed by atoms with E-state index in [9.17, 15) is 14.4 Å². The summed E-state index contributed by atoms with van der Waals surface area (Å²) >= 11 is 0. The van der Waals surface area contributed by atoms with Crippen LogP contribution in [0.4, 0.5) is 5.69 Å². The number of anilines is 1. The van der Waals surface area contributed by atoms with Gasteiger partial charge in [-0.05, 0) is 41.3 Å². The van der Waals surface area contributed by atoms with Gasteiger partial charge in [0.1, 0.15) is 6.54 Å². The van der Waals surface area contributed by atoms with Gasteiger partial charge in [0.25, 0.3) is 11.8 Å². The van der Waals surface area contributed by atoms with Crippen molar-refractivity contribution in [2.75, 3.05) is 25.3 Å². The van der Waals surface area contributed by atoms with Crippen LogP contribution in [0.25, 0.3) is 0 Å². The molecule has 0 saturated carbocycles. The van der Waals surface area contributed by atoms with Crippen molar-refractivity contribution in [3.05, 3.63) is 53.6 Å². The second kappa shape index (κ2) is 8.86. The summed E-state index contributed by atoms with van der Waals surface area (Å²) in [5, 5.41) is 5.10. The molecule has 0 aliphatic carbocycles. The van der Waals surface area contributed by atoms with Crippen LogP contribution in [0.5, 0.6) is 11.5 Å². The Labute approximate surface area is 174 Å². The minimum atomic E-state index is -0.720. The van der Waals surface area contributed by atoms with Crippen LogP contribution in [0, 0.1) is 0 Å². The Morgan fingerprint density at radius 3 is 2.40 bits per heavy atom. The maximum atomic E-state index is 12.1. The maximum absolute atomic E-state index is 12.1. The second-order valence-corrected chi connectivity index (χ2v) is 7.79. The summed E-state index contributed by atoms with van der Waals surface area (Å²) in [5.41, 5.74) is 2.09. The molecule has 30 heavy (non-hydrogen) atoms. The largest absolute Gasteiger partial charge is 0.454 e. The number of carbonyl (C=O) groups excluding carboxylic acids is 3. The lowest BCUT2D eigenvalue weighted by Crippen LogP contribution is -2.32. The number of ether oxygens (including phenoxy) is 3. The van der Waals surface area contributed by atoms with Gasteiger partial charge in [0.05, 0.1) is 0 Å². The van der Waals surface area contributed by atoms with Gasteiger partial charge in [-0.15, -0.1) is 0 Å². The summed E-state index contributed by atoms with van der Waals surface area (Å²) in [5.74, 6) is -0.618. The topological polar surface area (TPSA) is 103 Å². The fraction of sp³-hybridized carbons (Fsp3) is 0.318. The van der Waals surface area contributed by atoms with Crippen molar-refractivity contribution in [3.8, 4) is 11.5 Å². The highest BCUT2D eigenvalue weighted by molar-refractivity contribution is 5.97. The van der Waals surface area contributed by atoms with Crippen LogP contribution in [-0.4, -0.2) is 37.7 Å². The number of benzene rings is 2. The van der Waals surface area contributed by atoms with Gasteiger partial charge in [0, 0.05) is 11.3 Å². The van der Waals surface area contributed by atoms with Crippen molar-refractivity contribution in [1.82, 2.24) is 5.32 Å². The smallest absolute Gasteiger partial charge is 0.325 e. The number of carbonyl (C=O) groups is 3. The van der Waals surface area contributed by atoms with E-state index in [4.69, 9.17) is 14.2 Å². The summed E-state index contributed by atoms with van der Waals surface area (Å²) in [6.45, 7) is 5.61. The van der Waals surface area contributed by atoms with Gasteiger partial charge in [0.2, 0.25) is 6.79 Å². The Bertz CT molecular complexity index is 947. The molecule has 8 heteroatoms. The summed E-state index contributed by atoms with van der Waals surface area (Å²) in [6.07, 6.45) is 0. The minimum Gasteiger partial charge on any atom is -0.454 e. The normalized spacial score (nSPS) is 12.2. The highest BCUT2D eigenvalue weighted by Crippen LogP contribution is 2.32. The van der Waals surface area contributed by atoms with Gasteiger partial charge in [-0.3, -0.25) is 14.4 Å². The molecule has 0 spiro atoms. The van der Waals surface area contributed by atoms with E-state index in [0.717, 1.165) is 5.56 Å². The molecule has 0 saturated heterocycles. The molecule has 2 aromatic carbocycles. The fourth-order valence-corrected chi connectivity index (χ4v) is 2.74. The van der Waals surface area contributed by atoms with Gasteiger partial charge in [0.15, 0.2) is 18.1 Å². The van der Waals surface area contributed by atoms with E-state index in [1.807, 2.05) is 12.1 Å². The number of hydrogen-bond acceptors (Lipinski definition) is 6. The van der Waals surface area contributed by atoms with E-state index in [-0.39, 0.29) is 18.8 Å². The number of fused-ring (bicyclic) bond motifs is 1. The number of esters is 1. The molecule has 0 atom stereocenters. The summed E-state index contributed by atoms with van der Waals surface area (Å²) in [7, 11) is 0. The number of nitrogens with one attached hydrogen (secondary N) is 2. The number of amides is 2. The molecule has 1 heterocycles. The molecule has 2 N–H and O–H groups in total. The van der Waals surface area contributed by atoms with Crippen molar-refractivity contribution >= 4 is 23.5 Å². The lowest BCUT2D eigenvalue weighted by atomic mass is 9.87. The first kappa shape index (κ1) is 21.2. The fourth-order valence-electron chi connectivity index (χ4n) is 2.74. The molecule has 0 unspecified atom stereocenters. The third-order valence-electron chi connectivity index (χ3n) is 4.43. The van der Waals surface area contributed by atoms with Gasteiger partial charge in [-0.25, -0.2) is 0 Å². The predicted molar refractivity (Wildman–Crippen MR) is 110 cm³/mol. The second-order valence-electron chi connectivity index (χ2n) is 7.79. The van der Waals surface area contributed by atoms with Crippen LogP contribution in [0.15, 0.2) is 42.5 Å². The Morgan fingerprint density at radius 1 is 1.00 bits per heavy atom. The van der Waals surface area contributed by atoms with Crippen molar-refractivity contribution in [1.29, 1.82) is 0 Å². The summed E-state index contributed by atoms with van der Waals surface area (Å²) in [4.78, 5) is 35.9. The van der Waals surface area contributed by atoms with Gasteiger partial charge in [-0.1, -0.05) is 32.9 Å². The molecule has 0 radical (unpaired) electrons. The van der Waals surface area contributed by atoms with Gasteiger partial charge < -0.3 is 24.8 Å². The van der Waals surface area contributed by atoms with E-state index in [2.05, 4.69) is 31.4 Å². The first-order valence-corrected chi connectivity index (χ1v) is 9.46. The van der Waals surface area contributed by atoms with Crippen LogP contribution >= 0.6 is 0 Å². The van der Waals surface area contributed by atoms with Crippen LogP contribution in [0.2, 0.25) is 0 Å². The lowest BCUT2D eigenvalue weighted by molar-refractivity contribution is -0.146.